The zero-order valence-corrected chi connectivity index (χ0v) is 12.2. The zero-order valence-electron chi connectivity index (χ0n) is 12.2. The Morgan fingerprint density at radius 3 is 2.55 bits per heavy atom. The highest BCUT2D eigenvalue weighted by Gasteiger charge is 2.22. The van der Waals surface area contributed by atoms with Crippen LogP contribution in [0, 0.1) is 12.8 Å². The summed E-state index contributed by atoms with van der Waals surface area (Å²) in [7, 11) is 0. The number of aromatic amines is 1. The van der Waals surface area contributed by atoms with Crippen LogP contribution in [0.5, 0.6) is 0 Å². The van der Waals surface area contributed by atoms with Crippen molar-refractivity contribution in [2.75, 3.05) is 13.2 Å². The summed E-state index contributed by atoms with van der Waals surface area (Å²) in [5.41, 5.74) is 3.13. The summed E-state index contributed by atoms with van der Waals surface area (Å²) < 4.78 is 0. The van der Waals surface area contributed by atoms with Gasteiger partial charge in [-0.25, -0.2) is 4.98 Å². The van der Waals surface area contributed by atoms with Gasteiger partial charge in [-0.05, 0) is 30.5 Å². The summed E-state index contributed by atoms with van der Waals surface area (Å²) in [6.07, 6.45) is 0. The van der Waals surface area contributed by atoms with E-state index in [-0.39, 0.29) is 31.2 Å². The summed E-state index contributed by atoms with van der Waals surface area (Å²) in [5, 5.41) is 21.7. The number of aryl methyl sites for hydroxylation is 1. The topological polar surface area (TPSA) is 81.2 Å². The van der Waals surface area contributed by atoms with Gasteiger partial charge in [0.1, 0.15) is 5.82 Å². The van der Waals surface area contributed by atoms with Crippen molar-refractivity contribution in [3.63, 3.8) is 0 Å². The lowest BCUT2D eigenvalue weighted by molar-refractivity contribution is 0.153. The first-order valence-electron chi connectivity index (χ1n) is 6.99. The van der Waals surface area contributed by atoms with Crippen LogP contribution >= 0.6 is 0 Å². The predicted octanol–water partition coefficient (Wildman–Crippen LogP) is 1.51. The molecule has 0 aliphatic heterocycles. The molecule has 1 heterocycles. The fraction of sp³-hybridized carbons (Fsp3) is 0.533. The Labute approximate surface area is 119 Å². The van der Waals surface area contributed by atoms with Gasteiger partial charge >= 0.3 is 0 Å². The van der Waals surface area contributed by atoms with Gasteiger partial charge in [0.15, 0.2) is 0 Å². The van der Waals surface area contributed by atoms with Gasteiger partial charge in [0.25, 0.3) is 0 Å². The molecule has 1 atom stereocenters. The number of benzene rings is 1. The van der Waals surface area contributed by atoms with E-state index in [1.807, 2.05) is 19.1 Å². The van der Waals surface area contributed by atoms with Crippen LogP contribution < -0.4 is 5.32 Å². The van der Waals surface area contributed by atoms with Gasteiger partial charge in [-0.2, -0.15) is 0 Å². The summed E-state index contributed by atoms with van der Waals surface area (Å²) in [6, 6.07) is 5.73. The maximum absolute atomic E-state index is 9.23. The summed E-state index contributed by atoms with van der Waals surface area (Å²) in [4.78, 5) is 7.95. The second-order valence-corrected chi connectivity index (χ2v) is 5.59. The van der Waals surface area contributed by atoms with Gasteiger partial charge in [0, 0.05) is 0 Å². The second-order valence-electron chi connectivity index (χ2n) is 5.59. The Hall–Kier alpha value is -1.43. The number of nitrogens with zero attached hydrogens (tertiary/aromatic N) is 1. The van der Waals surface area contributed by atoms with Gasteiger partial charge in [0.05, 0.1) is 36.3 Å². The quantitative estimate of drug-likeness (QED) is 0.645. The molecule has 110 valence electrons. The standard InChI is InChI=1S/C15H23N3O2/c1-9(2)14(16-11(7-19)8-20)15-17-12-5-4-10(3)6-13(12)18-15/h4-6,9,11,14,16,19-20H,7-8H2,1-3H3,(H,17,18). The number of aliphatic hydroxyl groups excluding tert-OH is 2. The van der Waals surface area contributed by atoms with E-state index in [2.05, 4.69) is 35.2 Å². The molecule has 0 radical (unpaired) electrons. The fourth-order valence-corrected chi connectivity index (χ4v) is 2.29. The molecule has 1 unspecified atom stereocenters. The molecule has 5 heteroatoms. The highest BCUT2D eigenvalue weighted by molar-refractivity contribution is 5.75. The smallest absolute Gasteiger partial charge is 0.124 e. The molecule has 0 fully saturated rings. The van der Waals surface area contributed by atoms with Crippen LogP contribution in [-0.2, 0) is 0 Å². The number of hydrogen-bond acceptors (Lipinski definition) is 4. The first kappa shape index (κ1) is 15.0. The zero-order chi connectivity index (χ0) is 14.7. The van der Waals surface area contributed by atoms with E-state index in [4.69, 9.17) is 0 Å². The van der Waals surface area contributed by atoms with Gasteiger partial charge in [-0.1, -0.05) is 19.9 Å². The van der Waals surface area contributed by atoms with Gasteiger partial charge < -0.3 is 15.2 Å². The van der Waals surface area contributed by atoms with Crippen molar-refractivity contribution in [1.82, 2.24) is 15.3 Å². The molecule has 1 aromatic heterocycles. The number of H-pyrrole nitrogens is 1. The van der Waals surface area contributed by atoms with E-state index in [0.29, 0.717) is 0 Å². The van der Waals surface area contributed by atoms with Crippen LogP contribution in [0.1, 0.15) is 31.3 Å². The fourth-order valence-electron chi connectivity index (χ4n) is 2.29. The second kappa shape index (κ2) is 6.35. The number of imidazole rings is 1. The van der Waals surface area contributed by atoms with Crippen molar-refractivity contribution in [2.45, 2.75) is 32.9 Å². The van der Waals surface area contributed by atoms with Crippen molar-refractivity contribution < 1.29 is 10.2 Å². The van der Waals surface area contributed by atoms with Gasteiger partial charge in [-0.15, -0.1) is 0 Å². The third-order valence-corrected chi connectivity index (χ3v) is 3.47. The molecule has 0 aliphatic carbocycles. The van der Waals surface area contributed by atoms with Crippen LogP contribution in [0.2, 0.25) is 0 Å². The van der Waals surface area contributed by atoms with Crippen LogP contribution in [0.25, 0.3) is 11.0 Å². The molecule has 0 amide bonds. The van der Waals surface area contributed by atoms with Crippen LogP contribution in [0.3, 0.4) is 0 Å². The van der Waals surface area contributed by atoms with Crippen LogP contribution in [0.4, 0.5) is 0 Å². The van der Waals surface area contributed by atoms with E-state index in [9.17, 15) is 10.2 Å². The predicted molar refractivity (Wildman–Crippen MR) is 79.5 cm³/mol. The Balaban J connectivity index is 2.31. The Bertz CT molecular complexity index is 561. The largest absolute Gasteiger partial charge is 0.395 e. The van der Waals surface area contributed by atoms with Crippen LogP contribution in [-0.4, -0.2) is 39.4 Å². The average molecular weight is 277 g/mol. The number of fused-ring (bicyclic) bond motifs is 1. The molecule has 5 nitrogen and oxygen atoms in total. The number of rotatable bonds is 6. The van der Waals surface area contributed by atoms with E-state index in [1.165, 1.54) is 5.56 Å². The number of hydrogen-bond donors (Lipinski definition) is 4. The van der Waals surface area contributed by atoms with Crippen LogP contribution in [0.15, 0.2) is 18.2 Å². The third-order valence-electron chi connectivity index (χ3n) is 3.47. The Morgan fingerprint density at radius 2 is 1.95 bits per heavy atom. The molecule has 2 aromatic rings. The maximum atomic E-state index is 9.23. The number of aromatic nitrogens is 2. The molecule has 0 saturated carbocycles. The summed E-state index contributed by atoms with van der Waals surface area (Å²) >= 11 is 0. The lowest BCUT2D eigenvalue weighted by Crippen LogP contribution is -2.40. The van der Waals surface area contributed by atoms with Gasteiger partial charge in [-0.3, -0.25) is 5.32 Å². The van der Waals surface area contributed by atoms with Crippen molar-refractivity contribution in [1.29, 1.82) is 0 Å². The van der Waals surface area contributed by atoms with E-state index in [1.54, 1.807) is 0 Å². The molecule has 0 spiro atoms. The van der Waals surface area contributed by atoms with Crippen molar-refractivity contribution in [3.8, 4) is 0 Å². The third kappa shape index (κ3) is 3.17. The normalized spacial score (nSPS) is 13.6. The first-order chi connectivity index (χ1) is 9.55. The molecule has 0 bridgehead atoms. The van der Waals surface area contributed by atoms with E-state index < -0.39 is 0 Å². The van der Waals surface area contributed by atoms with E-state index >= 15 is 0 Å². The summed E-state index contributed by atoms with van der Waals surface area (Å²) in [5.74, 6) is 1.13. The molecule has 0 aliphatic rings. The molecular weight excluding hydrogens is 254 g/mol. The number of nitrogens with one attached hydrogen (secondary N) is 2. The monoisotopic (exact) mass is 277 g/mol. The molecule has 4 N–H and O–H groups in total. The SMILES string of the molecule is Cc1ccc2nc(C(NC(CO)CO)C(C)C)[nH]c2c1. The highest BCUT2D eigenvalue weighted by atomic mass is 16.3. The Kier molecular flexibility index (Phi) is 4.75. The van der Waals surface area contributed by atoms with E-state index in [0.717, 1.165) is 16.9 Å². The van der Waals surface area contributed by atoms with Crippen molar-refractivity contribution in [3.05, 3.63) is 29.6 Å². The molecule has 0 saturated heterocycles. The molecule has 2 rings (SSSR count). The minimum atomic E-state index is -0.336. The minimum Gasteiger partial charge on any atom is -0.395 e. The lowest BCUT2D eigenvalue weighted by Gasteiger charge is -2.24. The molecular formula is C15H23N3O2. The van der Waals surface area contributed by atoms with Crippen molar-refractivity contribution in [2.24, 2.45) is 5.92 Å². The minimum absolute atomic E-state index is 0.0352. The lowest BCUT2D eigenvalue weighted by atomic mass is 10.0. The maximum Gasteiger partial charge on any atom is 0.124 e. The first-order valence-corrected chi connectivity index (χ1v) is 6.99. The Morgan fingerprint density at radius 1 is 1.25 bits per heavy atom. The highest BCUT2D eigenvalue weighted by Crippen LogP contribution is 2.23. The average Bonchev–Trinajstić information content (AvgIpc) is 2.82. The number of aliphatic hydroxyl groups is 2. The van der Waals surface area contributed by atoms with Crippen molar-refractivity contribution >= 4 is 11.0 Å². The summed E-state index contributed by atoms with van der Waals surface area (Å²) in [6.45, 7) is 6.02. The molecule has 1 aromatic carbocycles. The van der Waals surface area contributed by atoms with Gasteiger partial charge in [0.2, 0.25) is 0 Å². The molecule has 20 heavy (non-hydrogen) atoms.